The van der Waals surface area contributed by atoms with E-state index in [1.807, 2.05) is 6.92 Å². The molecule has 0 bridgehead atoms. The smallest absolute Gasteiger partial charge is 0.345 e. The lowest BCUT2D eigenvalue weighted by Crippen LogP contribution is -1.98. The van der Waals surface area contributed by atoms with Crippen molar-refractivity contribution in [1.29, 1.82) is 0 Å². The fraction of sp³-hybridized carbons (Fsp3) is 0.154. The summed E-state index contributed by atoms with van der Waals surface area (Å²) in [4.78, 5) is 11.1. The predicted octanol–water partition coefficient (Wildman–Crippen LogP) is 3.74. The van der Waals surface area contributed by atoms with Gasteiger partial charge in [-0.3, -0.25) is 0 Å². The predicted molar refractivity (Wildman–Crippen MR) is 65.2 cm³/mol. The quantitative estimate of drug-likeness (QED) is 0.901. The van der Waals surface area contributed by atoms with Crippen molar-refractivity contribution in [1.82, 2.24) is 0 Å². The van der Waals surface area contributed by atoms with Gasteiger partial charge in [-0.25, -0.2) is 9.18 Å². The Morgan fingerprint density at radius 3 is 2.71 bits per heavy atom. The molecule has 1 unspecified atom stereocenters. The standard InChI is InChI=1S/C13H11FO2S/c1-8(10-4-2-3-5-11(10)14)9-6-12(13(15)16)17-7-9/h2-8H,1H3,(H,15,16). The Morgan fingerprint density at radius 2 is 2.12 bits per heavy atom. The second-order valence-corrected chi connectivity index (χ2v) is 4.70. The Bertz CT molecular complexity index is 548. The Labute approximate surface area is 102 Å². The van der Waals surface area contributed by atoms with Crippen LogP contribution in [-0.4, -0.2) is 11.1 Å². The molecule has 0 aliphatic rings. The van der Waals surface area contributed by atoms with Crippen LogP contribution in [0, 0.1) is 5.82 Å². The second kappa shape index (κ2) is 4.67. The number of hydrogen-bond donors (Lipinski definition) is 1. The van der Waals surface area contributed by atoms with Crippen molar-refractivity contribution in [2.75, 3.05) is 0 Å². The average Bonchev–Trinajstić information content (AvgIpc) is 2.78. The maximum Gasteiger partial charge on any atom is 0.345 e. The first-order valence-electron chi connectivity index (χ1n) is 5.15. The van der Waals surface area contributed by atoms with E-state index in [4.69, 9.17) is 5.11 Å². The van der Waals surface area contributed by atoms with Gasteiger partial charge >= 0.3 is 5.97 Å². The summed E-state index contributed by atoms with van der Waals surface area (Å²) in [7, 11) is 0. The number of carboxylic acid groups (broad SMARTS) is 1. The van der Waals surface area contributed by atoms with Crippen molar-refractivity contribution < 1.29 is 14.3 Å². The van der Waals surface area contributed by atoms with E-state index in [0.717, 1.165) is 16.9 Å². The van der Waals surface area contributed by atoms with Gasteiger partial charge in [0, 0.05) is 5.92 Å². The molecule has 2 rings (SSSR count). The Balaban J connectivity index is 2.34. The van der Waals surface area contributed by atoms with Gasteiger partial charge in [-0.1, -0.05) is 25.1 Å². The fourth-order valence-corrected chi connectivity index (χ4v) is 2.54. The maximum absolute atomic E-state index is 13.6. The van der Waals surface area contributed by atoms with Crippen LogP contribution >= 0.6 is 11.3 Å². The molecule has 4 heteroatoms. The highest BCUT2D eigenvalue weighted by Gasteiger charge is 2.15. The van der Waals surface area contributed by atoms with Gasteiger partial charge in [-0.05, 0) is 28.6 Å². The minimum atomic E-state index is -0.943. The minimum Gasteiger partial charge on any atom is -0.477 e. The van der Waals surface area contributed by atoms with Crippen LogP contribution in [-0.2, 0) is 0 Å². The van der Waals surface area contributed by atoms with Crippen LogP contribution in [0.3, 0.4) is 0 Å². The van der Waals surface area contributed by atoms with E-state index in [1.54, 1.807) is 29.6 Å². The van der Waals surface area contributed by atoms with Crippen LogP contribution < -0.4 is 0 Å². The molecule has 0 spiro atoms. The van der Waals surface area contributed by atoms with E-state index >= 15 is 0 Å². The van der Waals surface area contributed by atoms with Gasteiger partial charge in [0.05, 0.1) is 0 Å². The molecule has 0 radical (unpaired) electrons. The summed E-state index contributed by atoms with van der Waals surface area (Å²) >= 11 is 1.16. The molecule has 0 fully saturated rings. The molecule has 0 aliphatic carbocycles. The number of carboxylic acids is 1. The van der Waals surface area contributed by atoms with Crippen LogP contribution in [0.5, 0.6) is 0 Å². The molecule has 0 saturated carbocycles. The molecule has 1 aromatic heterocycles. The molecule has 1 atom stereocenters. The van der Waals surface area contributed by atoms with E-state index in [2.05, 4.69) is 0 Å². The molecule has 0 amide bonds. The second-order valence-electron chi connectivity index (χ2n) is 3.79. The number of halogens is 1. The first-order valence-corrected chi connectivity index (χ1v) is 6.03. The topological polar surface area (TPSA) is 37.3 Å². The minimum absolute atomic E-state index is 0.138. The molecule has 2 aromatic rings. The normalized spacial score (nSPS) is 12.4. The third-order valence-corrected chi connectivity index (χ3v) is 3.64. The van der Waals surface area contributed by atoms with Gasteiger partial charge in [0.2, 0.25) is 0 Å². The third-order valence-electron chi connectivity index (χ3n) is 2.70. The van der Waals surface area contributed by atoms with E-state index in [0.29, 0.717) is 5.56 Å². The number of thiophene rings is 1. The largest absolute Gasteiger partial charge is 0.477 e. The van der Waals surface area contributed by atoms with E-state index in [1.165, 1.54) is 6.07 Å². The molecule has 1 heterocycles. The van der Waals surface area contributed by atoms with Crippen molar-refractivity contribution >= 4 is 17.3 Å². The zero-order valence-corrected chi connectivity index (χ0v) is 10.00. The molecule has 0 aliphatic heterocycles. The molecule has 0 saturated heterocycles. The molecule has 1 aromatic carbocycles. The Kier molecular flexibility index (Phi) is 3.24. The SMILES string of the molecule is CC(c1csc(C(=O)O)c1)c1ccccc1F. The first-order chi connectivity index (χ1) is 8.09. The zero-order valence-electron chi connectivity index (χ0n) is 9.18. The van der Waals surface area contributed by atoms with Crippen LogP contribution in [0.25, 0.3) is 0 Å². The maximum atomic E-state index is 13.6. The van der Waals surface area contributed by atoms with Crippen molar-refractivity contribution in [3.05, 3.63) is 57.5 Å². The lowest BCUT2D eigenvalue weighted by molar-refractivity contribution is 0.0702. The average molecular weight is 250 g/mol. The fourth-order valence-electron chi connectivity index (χ4n) is 1.70. The molecule has 88 valence electrons. The highest BCUT2D eigenvalue weighted by Crippen LogP contribution is 2.29. The molecule has 2 nitrogen and oxygen atoms in total. The number of carbonyl (C=O) groups is 1. The molecular formula is C13H11FO2S. The van der Waals surface area contributed by atoms with E-state index in [9.17, 15) is 9.18 Å². The summed E-state index contributed by atoms with van der Waals surface area (Å²) in [6.45, 7) is 1.87. The summed E-state index contributed by atoms with van der Waals surface area (Å²) < 4.78 is 13.6. The van der Waals surface area contributed by atoms with Crippen molar-refractivity contribution in [3.8, 4) is 0 Å². The third kappa shape index (κ3) is 2.36. The van der Waals surface area contributed by atoms with Gasteiger partial charge < -0.3 is 5.11 Å². The summed E-state index contributed by atoms with van der Waals surface area (Å²) in [5.74, 6) is -1.34. The number of benzene rings is 1. The number of aromatic carboxylic acids is 1. The van der Waals surface area contributed by atoms with Crippen molar-refractivity contribution in [3.63, 3.8) is 0 Å². The molecular weight excluding hydrogens is 239 g/mol. The lowest BCUT2D eigenvalue weighted by atomic mass is 9.95. The van der Waals surface area contributed by atoms with Crippen LogP contribution in [0.15, 0.2) is 35.7 Å². The summed E-state index contributed by atoms with van der Waals surface area (Å²) in [5, 5.41) is 10.6. The Morgan fingerprint density at radius 1 is 1.41 bits per heavy atom. The van der Waals surface area contributed by atoms with Crippen molar-refractivity contribution in [2.24, 2.45) is 0 Å². The summed E-state index contributed by atoms with van der Waals surface area (Å²) in [6, 6.07) is 8.15. The van der Waals surface area contributed by atoms with Gasteiger partial charge in [0.1, 0.15) is 10.7 Å². The monoisotopic (exact) mass is 250 g/mol. The van der Waals surface area contributed by atoms with Gasteiger partial charge in [-0.2, -0.15) is 0 Å². The number of rotatable bonds is 3. The summed E-state index contributed by atoms with van der Waals surface area (Å²) in [6.07, 6.45) is 0. The van der Waals surface area contributed by atoms with Crippen LogP contribution in [0.2, 0.25) is 0 Å². The van der Waals surface area contributed by atoms with E-state index in [-0.39, 0.29) is 16.6 Å². The summed E-state index contributed by atoms with van der Waals surface area (Å²) in [5.41, 5.74) is 1.42. The zero-order chi connectivity index (χ0) is 12.4. The van der Waals surface area contributed by atoms with Crippen LogP contribution in [0.1, 0.15) is 33.6 Å². The highest BCUT2D eigenvalue weighted by molar-refractivity contribution is 7.12. The highest BCUT2D eigenvalue weighted by atomic mass is 32.1. The lowest BCUT2D eigenvalue weighted by Gasteiger charge is -2.10. The van der Waals surface area contributed by atoms with Gasteiger partial charge in [-0.15, -0.1) is 11.3 Å². The number of hydrogen-bond acceptors (Lipinski definition) is 2. The first kappa shape index (κ1) is 11.8. The van der Waals surface area contributed by atoms with Crippen molar-refractivity contribution in [2.45, 2.75) is 12.8 Å². The van der Waals surface area contributed by atoms with Crippen LogP contribution in [0.4, 0.5) is 4.39 Å². The molecule has 17 heavy (non-hydrogen) atoms. The van der Waals surface area contributed by atoms with E-state index < -0.39 is 5.97 Å². The Hall–Kier alpha value is -1.68. The van der Waals surface area contributed by atoms with Gasteiger partial charge in [0.25, 0.3) is 0 Å². The molecule has 1 N–H and O–H groups in total. The van der Waals surface area contributed by atoms with Gasteiger partial charge in [0.15, 0.2) is 0 Å².